The molecule has 3 heteroatoms. The molecule has 0 fully saturated rings. The van der Waals surface area contributed by atoms with Crippen molar-refractivity contribution < 1.29 is 4.42 Å². The second-order valence-electron chi connectivity index (χ2n) is 4.14. The van der Waals surface area contributed by atoms with Crippen LogP contribution >= 0.6 is 0 Å². The van der Waals surface area contributed by atoms with E-state index in [1.165, 1.54) is 5.56 Å². The first kappa shape index (κ1) is 11.3. The average Bonchev–Trinajstić information content (AvgIpc) is 2.47. The topological polar surface area (TPSA) is 28.4 Å². The highest BCUT2D eigenvalue weighted by Gasteiger charge is 2.07. The average molecular weight is 196 g/mol. The molecular formula is C11H20N2O. The predicted molar refractivity (Wildman–Crippen MR) is 58.1 cm³/mol. The predicted octanol–water partition coefficient (Wildman–Crippen LogP) is 1.84. The summed E-state index contributed by atoms with van der Waals surface area (Å²) >= 11 is 0. The zero-order chi connectivity index (χ0) is 10.6. The van der Waals surface area contributed by atoms with Gasteiger partial charge in [0.2, 0.25) is 0 Å². The summed E-state index contributed by atoms with van der Waals surface area (Å²) in [6, 6.07) is 2.55. The second-order valence-corrected chi connectivity index (χ2v) is 4.14. The fourth-order valence-corrected chi connectivity index (χ4v) is 1.26. The molecule has 0 bridgehead atoms. The quantitative estimate of drug-likeness (QED) is 0.779. The van der Waals surface area contributed by atoms with E-state index in [1.807, 2.05) is 20.2 Å². The first-order chi connectivity index (χ1) is 6.59. The molecule has 80 valence electrons. The highest BCUT2D eigenvalue weighted by molar-refractivity contribution is 5.16. The van der Waals surface area contributed by atoms with E-state index in [-0.39, 0.29) is 0 Å². The number of nitrogens with zero attached hydrogens (tertiary/aromatic N) is 1. The largest absolute Gasteiger partial charge is 0.468 e. The van der Waals surface area contributed by atoms with Gasteiger partial charge in [-0.2, -0.15) is 0 Å². The molecule has 1 heterocycles. The van der Waals surface area contributed by atoms with Crippen LogP contribution in [0.4, 0.5) is 0 Å². The molecule has 14 heavy (non-hydrogen) atoms. The Morgan fingerprint density at radius 2 is 2.14 bits per heavy atom. The van der Waals surface area contributed by atoms with E-state index in [9.17, 15) is 0 Å². The van der Waals surface area contributed by atoms with Crippen LogP contribution < -0.4 is 5.32 Å². The van der Waals surface area contributed by atoms with Crippen LogP contribution in [0.5, 0.6) is 0 Å². The molecule has 0 radical (unpaired) electrons. The zero-order valence-electron chi connectivity index (χ0n) is 9.50. The molecule has 0 aliphatic carbocycles. The van der Waals surface area contributed by atoms with Crippen molar-refractivity contribution in [1.29, 1.82) is 0 Å². The summed E-state index contributed by atoms with van der Waals surface area (Å²) in [6.45, 7) is 6.04. The van der Waals surface area contributed by atoms with Gasteiger partial charge in [0.05, 0.1) is 12.8 Å². The van der Waals surface area contributed by atoms with Gasteiger partial charge in [-0.25, -0.2) is 0 Å². The van der Waals surface area contributed by atoms with E-state index >= 15 is 0 Å². The number of hydrogen-bond acceptors (Lipinski definition) is 3. The lowest BCUT2D eigenvalue weighted by Crippen LogP contribution is -2.22. The van der Waals surface area contributed by atoms with Crippen molar-refractivity contribution in [3.8, 4) is 0 Å². The Balaban J connectivity index is 2.53. The van der Waals surface area contributed by atoms with Crippen LogP contribution in [0.2, 0.25) is 0 Å². The molecular weight excluding hydrogens is 176 g/mol. The third kappa shape index (κ3) is 3.52. The molecule has 0 atom stereocenters. The molecule has 1 aromatic rings. The Hall–Kier alpha value is -0.800. The fraction of sp³-hybridized carbons (Fsp3) is 0.636. The zero-order valence-corrected chi connectivity index (χ0v) is 9.50. The van der Waals surface area contributed by atoms with E-state index in [0.717, 1.165) is 18.8 Å². The van der Waals surface area contributed by atoms with Gasteiger partial charge in [-0.1, -0.05) is 13.8 Å². The molecule has 0 unspecified atom stereocenters. The van der Waals surface area contributed by atoms with Crippen LogP contribution in [0.3, 0.4) is 0 Å². The van der Waals surface area contributed by atoms with Gasteiger partial charge < -0.3 is 14.6 Å². The van der Waals surface area contributed by atoms with Crippen LogP contribution in [-0.4, -0.2) is 25.0 Å². The number of hydrogen-bond donors (Lipinski definition) is 1. The first-order valence-corrected chi connectivity index (χ1v) is 5.03. The summed E-state index contributed by atoms with van der Waals surface area (Å²) < 4.78 is 5.43. The Morgan fingerprint density at radius 3 is 2.71 bits per heavy atom. The number of rotatable bonds is 5. The Kier molecular flexibility index (Phi) is 4.17. The SMILES string of the molecule is CC(C)NCc1ccoc1CN(C)C. The van der Waals surface area contributed by atoms with Crippen LogP contribution in [0.25, 0.3) is 0 Å². The van der Waals surface area contributed by atoms with E-state index < -0.39 is 0 Å². The lowest BCUT2D eigenvalue weighted by atomic mass is 10.2. The number of furan rings is 1. The van der Waals surface area contributed by atoms with Gasteiger partial charge in [0, 0.05) is 18.2 Å². The van der Waals surface area contributed by atoms with Crippen molar-refractivity contribution in [2.75, 3.05) is 14.1 Å². The molecule has 0 aliphatic rings. The van der Waals surface area contributed by atoms with Crippen molar-refractivity contribution in [3.63, 3.8) is 0 Å². The fourth-order valence-electron chi connectivity index (χ4n) is 1.26. The van der Waals surface area contributed by atoms with Crippen molar-refractivity contribution in [2.45, 2.75) is 33.0 Å². The third-order valence-electron chi connectivity index (χ3n) is 2.00. The molecule has 1 aromatic heterocycles. The Labute approximate surface area is 86.1 Å². The molecule has 1 N–H and O–H groups in total. The second kappa shape index (κ2) is 5.17. The minimum atomic E-state index is 0.511. The summed E-state index contributed by atoms with van der Waals surface area (Å²) in [6.07, 6.45) is 1.76. The summed E-state index contributed by atoms with van der Waals surface area (Å²) in [5.74, 6) is 1.06. The third-order valence-corrected chi connectivity index (χ3v) is 2.00. The highest BCUT2D eigenvalue weighted by atomic mass is 16.3. The Bertz CT molecular complexity index is 266. The molecule has 3 nitrogen and oxygen atoms in total. The summed E-state index contributed by atoms with van der Waals surface area (Å²) in [7, 11) is 4.09. The molecule has 0 amide bonds. The summed E-state index contributed by atoms with van der Waals surface area (Å²) in [4.78, 5) is 2.11. The lowest BCUT2D eigenvalue weighted by molar-refractivity contribution is 0.347. The van der Waals surface area contributed by atoms with Gasteiger partial charge in [0.1, 0.15) is 5.76 Å². The smallest absolute Gasteiger partial charge is 0.122 e. The lowest BCUT2D eigenvalue weighted by Gasteiger charge is -2.11. The van der Waals surface area contributed by atoms with Crippen LogP contribution in [-0.2, 0) is 13.1 Å². The van der Waals surface area contributed by atoms with Gasteiger partial charge in [0.25, 0.3) is 0 Å². The van der Waals surface area contributed by atoms with Gasteiger partial charge >= 0.3 is 0 Å². The normalized spacial score (nSPS) is 11.6. The van der Waals surface area contributed by atoms with E-state index in [0.29, 0.717) is 6.04 Å². The maximum absolute atomic E-state index is 5.43. The van der Waals surface area contributed by atoms with Crippen molar-refractivity contribution in [3.05, 3.63) is 23.7 Å². The standard InChI is InChI=1S/C11H20N2O/c1-9(2)12-7-10-5-6-14-11(10)8-13(3)4/h5-6,9,12H,7-8H2,1-4H3. The van der Waals surface area contributed by atoms with Crippen LogP contribution in [0.1, 0.15) is 25.2 Å². The van der Waals surface area contributed by atoms with Gasteiger partial charge in [-0.3, -0.25) is 0 Å². The van der Waals surface area contributed by atoms with Crippen molar-refractivity contribution in [2.24, 2.45) is 0 Å². The van der Waals surface area contributed by atoms with E-state index in [2.05, 4.69) is 24.1 Å². The monoisotopic (exact) mass is 196 g/mol. The van der Waals surface area contributed by atoms with Crippen LogP contribution in [0, 0.1) is 0 Å². The minimum Gasteiger partial charge on any atom is -0.468 e. The molecule has 0 aromatic carbocycles. The van der Waals surface area contributed by atoms with Crippen LogP contribution in [0.15, 0.2) is 16.7 Å². The molecule has 0 spiro atoms. The Morgan fingerprint density at radius 1 is 1.43 bits per heavy atom. The highest BCUT2D eigenvalue weighted by Crippen LogP contribution is 2.11. The van der Waals surface area contributed by atoms with Gasteiger partial charge in [-0.05, 0) is 20.2 Å². The minimum absolute atomic E-state index is 0.511. The van der Waals surface area contributed by atoms with Gasteiger partial charge in [0.15, 0.2) is 0 Å². The molecule has 1 rings (SSSR count). The van der Waals surface area contributed by atoms with E-state index in [1.54, 1.807) is 6.26 Å². The number of nitrogens with one attached hydrogen (secondary N) is 1. The summed E-state index contributed by atoms with van der Waals surface area (Å²) in [5, 5.41) is 3.38. The summed E-state index contributed by atoms with van der Waals surface area (Å²) in [5.41, 5.74) is 1.26. The van der Waals surface area contributed by atoms with Gasteiger partial charge in [-0.15, -0.1) is 0 Å². The van der Waals surface area contributed by atoms with Crippen molar-refractivity contribution >= 4 is 0 Å². The van der Waals surface area contributed by atoms with Crippen molar-refractivity contribution in [1.82, 2.24) is 10.2 Å². The van der Waals surface area contributed by atoms with E-state index in [4.69, 9.17) is 4.42 Å². The maximum Gasteiger partial charge on any atom is 0.122 e. The molecule has 0 saturated heterocycles. The molecule has 0 aliphatic heterocycles. The molecule has 0 saturated carbocycles. The first-order valence-electron chi connectivity index (χ1n) is 5.03. The maximum atomic E-state index is 5.43.